The standard InChI is InChI=1S/C20H29N5O.HI/c1-4-21-20(22-10-9-17-13-23-24(3)14-17)25-11-12-26-19(15-25)18-8-6-5-7-16(18)2;/h5-8,13-14,19H,4,9-12,15H2,1-3H3,(H,21,22);1H. The molecule has 3 rings (SSSR count). The van der Waals surface area contributed by atoms with Gasteiger partial charge < -0.3 is 15.0 Å². The Morgan fingerprint density at radius 1 is 1.37 bits per heavy atom. The molecule has 0 bridgehead atoms. The maximum atomic E-state index is 6.04. The Morgan fingerprint density at radius 2 is 2.19 bits per heavy atom. The van der Waals surface area contributed by atoms with Crippen molar-refractivity contribution >= 4 is 29.9 Å². The maximum Gasteiger partial charge on any atom is 0.194 e. The number of morpholine rings is 1. The molecule has 1 aliphatic rings. The van der Waals surface area contributed by atoms with Gasteiger partial charge in [-0.1, -0.05) is 24.3 Å². The number of rotatable bonds is 5. The zero-order chi connectivity index (χ0) is 18.4. The van der Waals surface area contributed by atoms with Crippen LogP contribution in [0.15, 0.2) is 41.7 Å². The molecule has 0 aliphatic carbocycles. The largest absolute Gasteiger partial charge is 0.370 e. The summed E-state index contributed by atoms with van der Waals surface area (Å²) in [5, 5.41) is 7.65. The van der Waals surface area contributed by atoms with E-state index in [1.54, 1.807) is 0 Å². The van der Waals surface area contributed by atoms with Gasteiger partial charge in [0.15, 0.2) is 5.96 Å². The molecule has 148 valence electrons. The van der Waals surface area contributed by atoms with E-state index in [-0.39, 0.29) is 30.1 Å². The van der Waals surface area contributed by atoms with Gasteiger partial charge in [0, 0.05) is 32.9 Å². The van der Waals surface area contributed by atoms with Crippen molar-refractivity contribution in [3.8, 4) is 0 Å². The zero-order valence-corrected chi connectivity index (χ0v) is 18.7. The number of guanidine groups is 1. The van der Waals surface area contributed by atoms with Crippen LogP contribution >= 0.6 is 24.0 Å². The molecule has 1 aliphatic heterocycles. The molecule has 27 heavy (non-hydrogen) atoms. The minimum absolute atomic E-state index is 0. The average molecular weight is 483 g/mol. The predicted octanol–water partition coefficient (Wildman–Crippen LogP) is 2.93. The molecule has 1 saturated heterocycles. The van der Waals surface area contributed by atoms with E-state index in [2.05, 4.69) is 53.4 Å². The fourth-order valence-corrected chi connectivity index (χ4v) is 3.30. The minimum Gasteiger partial charge on any atom is -0.370 e. The third-order valence-corrected chi connectivity index (χ3v) is 4.66. The molecule has 1 aromatic heterocycles. The van der Waals surface area contributed by atoms with Crippen LogP contribution in [-0.4, -0.2) is 53.4 Å². The smallest absolute Gasteiger partial charge is 0.194 e. The highest BCUT2D eigenvalue weighted by Crippen LogP contribution is 2.24. The monoisotopic (exact) mass is 483 g/mol. The Kier molecular flexibility index (Phi) is 8.56. The van der Waals surface area contributed by atoms with Crippen molar-refractivity contribution in [2.75, 3.05) is 32.8 Å². The SMILES string of the molecule is CCNC(=NCCc1cnn(C)c1)N1CCOC(c2ccccc2C)C1.I. The first-order valence-electron chi connectivity index (χ1n) is 9.35. The average Bonchev–Trinajstić information content (AvgIpc) is 3.07. The van der Waals surface area contributed by atoms with E-state index in [0.29, 0.717) is 6.61 Å². The lowest BCUT2D eigenvalue weighted by Crippen LogP contribution is -2.48. The van der Waals surface area contributed by atoms with Crippen molar-refractivity contribution in [1.82, 2.24) is 20.0 Å². The van der Waals surface area contributed by atoms with Crippen LogP contribution in [0.25, 0.3) is 0 Å². The molecule has 0 saturated carbocycles. The highest BCUT2D eigenvalue weighted by molar-refractivity contribution is 14.0. The van der Waals surface area contributed by atoms with E-state index in [9.17, 15) is 0 Å². The van der Waals surface area contributed by atoms with Crippen LogP contribution in [-0.2, 0) is 18.2 Å². The quantitative estimate of drug-likeness (QED) is 0.404. The molecule has 6 nitrogen and oxygen atoms in total. The van der Waals surface area contributed by atoms with Crippen LogP contribution in [0.1, 0.15) is 29.7 Å². The van der Waals surface area contributed by atoms with Crippen LogP contribution in [0.3, 0.4) is 0 Å². The van der Waals surface area contributed by atoms with Gasteiger partial charge in [-0.05, 0) is 37.0 Å². The Morgan fingerprint density at radius 3 is 2.89 bits per heavy atom. The molecule has 7 heteroatoms. The van der Waals surface area contributed by atoms with Gasteiger partial charge in [-0.15, -0.1) is 24.0 Å². The lowest BCUT2D eigenvalue weighted by Gasteiger charge is -2.35. The number of hydrogen-bond donors (Lipinski definition) is 1. The van der Waals surface area contributed by atoms with Crippen LogP contribution in [0.2, 0.25) is 0 Å². The molecule has 0 radical (unpaired) electrons. The van der Waals surface area contributed by atoms with Gasteiger partial charge in [-0.3, -0.25) is 9.67 Å². The summed E-state index contributed by atoms with van der Waals surface area (Å²) in [7, 11) is 1.94. The molecular formula is C20H30IN5O. The van der Waals surface area contributed by atoms with Gasteiger partial charge in [0.1, 0.15) is 6.10 Å². The number of halogens is 1. The fourth-order valence-electron chi connectivity index (χ4n) is 3.30. The highest BCUT2D eigenvalue weighted by atomic mass is 127. The second kappa shape index (κ2) is 10.7. The number of nitrogens with zero attached hydrogens (tertiary/aromatic N) is 4. The first-order valence-corrected chi connectivity index (χ1v) is 9.35. The number of nitrogens with one attached hydrogen (secondary N) is 1. The van der Waals surface area contributed by atoms with Gasteiger partial charge in [0.2, 0.25) is 0 Å². The normalized spacial score (nSPS) is 17.5. The van der Waals surface area contributed by atoms with Gasteiger partial charge in [0.25, 0.3) is 0 Å². The van der Waals surface area contributed by atoms with E-state index < -0.39 is 0 Å². The molecular weight excluding hydrogens is 453 g/mol. The lowest BCUT2D eigenvalue weighted by atomic mass is 10.0. The molecule has 2 aromatic rings. The Bertz CT molecular complexity index is 745. The van der Waals surface area contributed by atoms with E-state index in [0.717, 1.165) is 38.6 Å². The second-order valence-corrected chi connectivity index (χ2v) is 6.67. The summed E-state index contributed by atoms with van der Waals surface area (Å²) in [5.41, 5.74) is 3.76. The van der Waals surface area contributed by atoms with E-state index in [1.807, 2.05) is 24.1 Å². The molecule has 1 atom stereocenters. The molecule has 0 spiro atoms. The minimum atomic E-state index is 0. The molecule has 1 fully saturated rings. The van der Waals surface area contributed by atoms with Gasteiger partial charge >= 0.3 is 0 Å². The number of ether oxygens (including phenoxy) is 1. The van der Waals surface area contributed by atoms with Crippen molar-refractivity contribution in [1.29, 1.82) is 0 Å². The van der Waals surface area contributed by atoms with Gasteiger partial charge in [0.05, 0.1) is 19.3 Å². The van der Waals surface area contributed by atoms with Crippen molar-refractivity contribution in [2.24, 2.45) is 12.0 Å². The van der Waals surface area contributed by atoms with Crippen molar-refractivity contribution < 1.29 is 4.74 Å². The van der Waals surface area contributed by atoms with E-state index >= 15 is 0 Å². The van der Waals surface area contributed by atoms with E-state index in [1.165, 1.54) is 16.7 Å². The lowest BCUT2D eigenvalue weighted by molar-refractivity contribution is -0.00832. The first kappa shape index (κ1) is 21.7. The number of benzene rings is 1. The Hall–Kier alpha value is -1.61. The summed E-state index contributed by atoms with van der Waals surface area (Å²) in [5.74, 6) is 0.971. The first-order chi connectivity index (χ1) is 12.7. The van der Waals surface area contributed by atoms with Gasteiger partial charge in [-0.25, -0.2) is 0 Å². The second-order valence-electron chi connectivity index (χ2n) is 6.67. The summed E-state index contributed by atoms with van der Waals surface area (Å²) < 4.78 is 7.88. The third kappa shape index (κ3) is 5.93. The molecule has 0 amide bonds. The summed E-state index contributed by atoms with van der Waals surface area (Å²) in [6, 6.07) is 8.46. The van der Waals surface area contributed by atoms with Crippen LogP contribution in [0, 0.1) is 6.92 Å². The molecule has 1 unspecified atom stereocenters. The fraction of sp³-hybridized carbons (Fsp3) is 0.500. The van der Waals surface area contributed by atoms with E-state index in [4.69, 9.17) is 9.73 Å². The van der Waals surface area contributed by atoms with Crippen LogP contribution in [0.5, 0.6) is 0 Å². The molecule has 1 N–H and O–H groups in total. The molecule has 1 aromatic carbocycles. The van der Waals surface area contributed by atoms with Crippen molar-refractivity contribution in [2.45, 2.75) is 26.4 Å². The van der Waals surface area contributed by atoms with Crippen LogP contribution < -0.4 is 5.32 Å². The maximum absolute atomic E-state index is 6.04. The summed E-state index contributed by atoms with van der Waals surface area (Å²) in [4.78, 5) is 7.14. The topological polar surface area (TPSA) is 54.7 Å². The van der Waals surface area contributed by atoms with Crippen molar-refractivity contribution in [3.05, 3.63) is 53.3 Å². The Labute approximate surface area is 179 Å². The number of aliphatic imine (C=N–C) groups is 1. The number of aromatic nitrogens is 2. The summed E-state index contributed by atoms with van der Waals surface area (Å²) in [6.45, 7) is 8.26. The summed E-state index contributed by atoms with van der Waals surface area (Å²) >= 11 is 0. The Balaban J connectivity index is 0.00000261. The van der Waals surface area contributed by atoms with Crippen molar-refractivity contribution in [3.63, 3.8) is 0 Å². The third-order valence-electron chi connectivity index (χ3n) is 4.66. The highest BCUT2D eigenvalue weighted by Gasteiger charge is 2.25. The van der Waals surface area contributed by atoms with Gasteiger partial charge in [-0.2, -0.15) is 5.10 Å². The summed E-state index contributed by atoms with van der Waals surface area (Å²) in [6.07, 6.45) is 4.94. The zero-order valence-electron chi connectivity index (χ0n) is 16.4. The molecule has 2 heterocycles. The van der Waals surface area contributed by atoms with Crippen LogP contribution in [0.4, 0.5) is 0 Å². The predicted molar refractivity (Wildman–Crippen MR) is 120 cm³/mol. The number of hydrogen-bond acceptors (Lipinski definition) is 3. The number of aryl methyl sites for hydroxylation is 2.